The van der Waals surface area contributed by atoms with Crippen LogP contribution in [0.2, 0.25) is 0 Å². The van der Waals surface area contributed by atoms with Gasteiger partial charge in [0.05, 0.1) is 6.61 Å². The highest BCUT2D eigenvalue weighted by Crippen LogP contribution is 2.16. The quantitative estimate of drug-likeness (QED) is 0.762. The number of benzene rings is 1. The highest BCUT2D eigenvalue weighted by Gasteiger charge is 2.19. The second kappa shape index (κ2) is 6.63. The van der Waals surface area contributed by atoms with Gasteiger partial charge in [-0.25, -0.2) is 4.39 Å². The second-order valence-corrected chi connectivity index (χ2v) is 4.54. The summed E-state index contributed by atoms with van der Waals surface area (Å²) in [5.41, 5.74) is 0.273. The number of halogens is 1. The van der Waals surface area contributed by atoms with Crippen LogP contribution in [-0.2, 0) is 4.74 Å². The number of morpholine rings is 1. The topological polar surface area (TPSA) is 38.8 Å². The van der Waals surface area contributed by atoms with Crippen LogP contribution >= 0.6 is 0 Å². The van der Waals surface area contributed by atoms with Crippen molar-refractivity contribution >= 4 is 6.29 Å². The molecule has 1 aliphatic rings. The van der Waals surface area contributed by atoms with Crippen LogP contribution in [-0.4, -0.2) is 50.1 Å². The van der Waals surface area contributed by atoms with Crippen molar-refractivity contribution in [3.8, 4) is 5.75 Å². The fourth-order valence-electron chi connectivity index (χ4n) is 2.09. The Kier molecular flexibility index (Phi) is 4.87. The fraction of sp³-hybridized carbons (Fsp3) is 0.500. The molecule has 1 saturated heterocycles. The first-order valence-corrected chi connectivity index (χ1v) is 6.43. The van der Waals surface area contributed by atoms with E-state index in [1.54, 1.807) is 0 Å². The Hall–Kier alpha value is -1.46. The fourth-order valence-corrected chi connectivity index (χ4v) is 2.09. The van der Waals surface area contributed by atoms with Gasteiger partial charge in [0.15, 0.2) is 0 Å². The lowest BCUT2D eigenvalue weighted by Crippen LogP contribution is -2.44. The zero-order chi connectivity index (χ0) is 13.7. The van der Waals surface area contributed by atoms with Crippen molar-refractivity contribution in [1.29, 1.82) is 0 Å². The summed E-state index contributed by atoms with van der Waals surface area (Å²) < 4.78 is 24.3. The normalized spacial score (nSPS) is 20.2. The Morgan fingerprint density at radius 3 is 3.11 bits per heavy atom. The molecular formula is C14H18FNO3. The van der Waals surface area contributed by atoms with Gasteiger partial charge in [-0.05, 0) is 18.7 Å². The number of aldehydes is 1. The van der Waals surface area contributed by atoms with Gasteiger partial charge in [-0.3, -0.25) is 9.69 Å². The minimum atomic E-state index is -0.473. The van der Waals surface area contributed by atoms with E-state index in [1.807, 2.05) is 0 Å². The summed E-state index contributed by atoms with van der Waals surface area (Å²) in [4.78, 5) is 12.9. The van der Waals surface area contributed by atoms with E-state index >= 15 is 0 Å². The minimum Gasteiger partial charge on any atom is -0.491 e. The Bertz CT molecular complexity index is 439. The maximum Gasteiger partial charge on any atom is 0.150 e. The van der Waals surface area contributed by atoms with E-state index in [9.17, 15) is 9.18 Å². The number of hydrogen-bond acceptors (Lipinski definition) is 4. The monoisotopic (exact) mass is 267 g/mol. The molecule has 0 aliphatic carbocycles. The van der Waals surface area contributed by atoms with Crippen LogP contribution in [0.3, 0.4) is 0 Å². The van der Waals surface area contributed by atoms with Gasteiger partial charge in [0.25, 0.3) is 0 Å². The Labute approximate surface area is 112 Å². The molecule has 2 rings (SSSR count). The molecule has 1 unspecified atom stereocenters. The third-order valence-corrected chi connectivity index (χ3v) is 3.14. The summed E-state index contributed by atoms with van der Waals surface area (Å²) in [6.45, 7) is 5.87. The van der Waals surface area contributed by atoms with Gasteiger partial charge in [0.1, 0.15) is 30.6 Å². The maximum absolute atomic E-state index is 13.2. The van der Waals surface area contributed by atoms with Crippen LogP contribution in [0.25, 0.3) is 0 Å². The highest BCUT2D eigenvalue weighted by molar-refractivity contribution is 5.75. The largest absolute Gasteiger partial charge is 0.491 e. The van der Waals surface area contributed by atoms with Gasteiger partial charge in [-0.2, -0.15) is 0 Å². The number of rotatable bonds is 5. The SMILES string of the molecule is CCN1CCOC(COc2cc(F)cc(C=O)c2)C1. The summed E-state index contributed by atoms with van der Waals surface area (Å²) in [5, 5.41) is 0. The van der Waals surface area contributed by atoms with Crippen molar-refractivity contribution in [3.05, 3.63) is 29.6 Å². The Morgan fingerprint density at radius 1 is 1.53 bits per heavy atom. The predicted molar refractivity (Wildman–Crippen MR) is 69.1 cm³/mol. The number of hydrogen-bond donors (Lipinski definition) is 0. The van der Waals surface area contributed by atoms with Gasteiger partial charge in [-0.1, -0.05) is 6.92 Å². The summed E-state index contributed by atoms with van der Waals surface area (Å²) in [5.74, 6) is -0.112. The number of carbonyl (C=O) groups is 1. The average Bonchev–Trinajstić information content (AvgIpc) is 2.44. The van der Waals surface area contributed by atoms with E-state index in [0.717, 1.165) is 19.6 Å². The lowest BCUT2D eigenvalue weighted by atomic mass is 10.2. The van der Waals surface area contributed by atoms with E-state index in [4.69, 9.17) is 9.47 Å². The second-order valence-electron chi connectivity index (χ2n) is 4.54. The third kappa shape index (κ3) is 4.01. The lowest BCUT2D eigenvalue weighted by molar-refractivity contribution is -0.0464. The molecule has 0 amide bonds. The summed E-state index contributed by atoms with van der Waals surface area (Å²) in [6.07, 6.45) is 0.586. The predicted octanol–water partition coefficient (Wildman–Crippen LogP) is 1.74. The van der Waals surface area contributed by atoms with E-state index < -0.39 is 5.82 Å². The molecule has 5 heteroatoms. The molecule has 0 aromatic heterocycles. The van der Waals surface area contributed by atoms with Gasteiger partial charge in [0, 0.05) is 24.7 Å². The maximum atomic E-state index is 13.2. The van der Waals surface area contributed by atoms with Crippen LogP contribution in [0.5, 0.6) is 5.75 Å². The molecule has 0 bridgehead atoms. The number of ether oxygens (including phenoxy) is 2. The van der Waals surface area contributed by atoms with Crippen LogP contribution < -0.4 is 4.74 Å². The average molecular weight is 267 g/mol. The molecule has 1 atom stereocenters. The molecule has 1 aliphatic heterocycles. The van der Waals surface area contributed by atoms with E-state index in [2.05, 4.69) is 11.8 Å². The zero-order valence-electron chi connectivity index (χ0n) is 11.0. The molecule has 4 nitrogen and oxygen atoms in total. The van der Waals surface area contributed by atoms with E-state index in [-0.39, 0.29) is 11.7 Å². The van der Waals surface area contributed by atoms with Crippen LogP contribution in [0.4, 0.5) is 4.39 Å². The first-order valence-electron chi connectivity index (χ1n) is 6.43. The number of carbonyl (C=O) groups excluding carboxylic acids is 1. The van der Waals surface area contributed by atoms with Gasteiger partial charge < -0.3 is 9.47 Å². The van der Waals surface area contributed by atoms with Crippen molar-refractivity contribution < 1.29 is 18.7 Å². The first kappa shape index (κ1) is 14.0. The van der Waals surface area contributed by atoms with Crippen molar-refractivity contribution in [2.75, 3.05) is 32.8 Å². The van der Waals surface area contributed by atoms with Crippen LogP contribution in [0, 0.1) is 5.82 Å². The van der Waals surface area contributed by atoms with Gasteiger partial charge in [-0.15, -0.1) is 0 Å². The molecule has 1 fully saturated rings. The Morgan fingerprint density at radius 2 is 2.37 bits per heavy atom. The molecule has 0 N–H and O–H groups in total. The van der Waals surface area contributed by atoms with Crippen molar-refractivity contribution in [2.45, 2.75) is 13.0 Å². The van der Waals surface area contributed by atoms with E-state index in [1.165, 1.54) is 18.2 Å². The van der Waals surface area contributed by atoms with Gasteiger partial charge in [0.2, 0.25) is 0 Å². The standard InChI is InChI=1S/C14H18FNO3/c1-2-16-3-4-18-14(8-16)10-19-13-6-11(9-17)5-12(15)7-13/h5-7,9,14H,2-4,8,10H2,1H3. The molecule has 0 saturated carbocycles. The third-order valence-electron chi connectivity index (χ3n) is 3.14. The molecule has 1 aromatic carbocycles. The van der Waals surface area contributed by atoms with Crippen molar-refractivity contribution in [1.82, 2.24) is 4.90 Å². The molecule has 1 aromatic rings. The van der Waals surface area contributed by atoms with Gasteiger partial charge >= 0.3 is 0 Å². The summed E-state index contributed by atoms with van der Waals surface area (Å²) in [7, 11) is 0. The molecular weight excluding hydrogens is 249 g/mol. The van der Waals surface area contributed by atoms with Crippen LogP contribution in [0.15, 0.2) is 18.2 Å². The molecule has 1 heterocycles. The van der Waals surface area contributed by atoms with Crippen LogP contribution in [0.1, 0.15) is 17.3 Å². The smallest absolute Gasteiger partial charge is 0.150 e. The molecule has 0 radical (unpaired) electrons. The van der Waals surface area contributed by atoms with E-state index in [0.29, 0.717) is 25.2 Å². The minimum absolute atomic E-state index is 0.0170. The zero-order valence-corrected chi connectivity index (χ0v) is 11.0. The first-order chi connectivity index (χ1) is 9.21. The summed E-state index contributed by atoms with van der Waals surface area (Å²) in [6, 6.07) is 3.97. The van der Waals surface area contributed by atoms with Crippen molar-refractivity contribution in [3.63, 3.8) is 0 Å². The Balaban J connectivity index is 1.91. The molecule has 19 heavy (non-hydrogen) atoms. The molecule has 104 valence electrons. The molecule has 0 spiro atoms. The van der Waals surface area contributed by atoms with Crippen molar-refractivity contribution in [2.24, 2.45) is 0 Å². The number of nitrogens with zero attached hydrogens (tertiary/aromatic N) is 1. The highest BCUT2D eigenvalue weighted by atomic mass is 19.1. The number of likely N-dealkylation sites (N-methyl/N-ethyl adjacent to an activating group) is 1. The summed E-state index contributed by atoms with van der Waals surface area (Å²) >= 11 is 0. The lowest BCUT2D eigenvalue weighted by Gasteiger charge is -2.31.